The Bertz CT molecular complexity index is 1220. The topological polar surface area (TPSA) is 246 Å². The van der Waals surface area contributed by atoms with Crippen LogP contribution >= 0.6 is 0 Å². The molecule has 1 aliphatic heterocycles. The number of H-pyrrole nitrogens is 1. The van der Waals surface area contributed by atoms with Gasteiger partial charge in [0.1, 0.15) is 24.7 Å². The van der Waals surface area contributed by atoms with Gasteiger partial charge in [-0.25, -0.2) is 0 Å². The summed E-state index contributed by atoms with van der Waals surface area (Å²) in [6, 6.07) is -4.03. The summed E-state index contributed by atoms with van der Waals surface area (Å²) in [5.41, 5.74) is 0. The van der Waals surface area contributed by atoms with Crippen molar-refractivity contribution in [3.05, 3.63) is 5.82 Å². The summed E-state index contributed by atoms with van der Waals surface area (Å²) >= 11 is 0. The van der Waals surface area contributed by atoms with E-state index in [0.29, 0.717) is 44.3 Å². The number of nitrogens with one attached hydrogen (secondary N) is 5. The standard InChI is InChI=1S/C29H47N9O8/c1-6-10-18(25(42)28(45)30-15-22(40)41)31-26(43)19-11-9-14-38(19)29(46)24(17(4)5)33-27(44)23(16(2)3)32-21(39)13-8-7-12-20-34-36-37-35-20/h16-19,23-24H,6-15H2,1-5H3,(H,30,45)(H,31,43)(H,32,39)(H,33,44)(H,40,41)(H,34,35,36,37)/t18?,19-,23+,24-/m0/s1. The molecule has 17 nitrogen and oxygen atoms in total. The number of hydrogen-bond acceptors (Lipinski definition) is 10. The molecule has 1 aromatic heterocycles. The minimum absolute atomic E-state index is 0.136. The lowest BCUT2D eigenvalue weighted by Gasteiger charge is -2.32. The molecule has 0 saturated carbocycles. The summed E-state index contributed by atoms with van der Waals surface area (Å²) < 4.78 is 0. The fourth-order valence-electron chi connectivity index (χ4n) is 5.10. The van der Waals surface area contributed by atoms with Crippen molar-refractivity contribution in [3.63, 3.8) is 0 Å². The first-order chi connectivity index (χ1) is 21.8. The molecule has 2 rings (SSSR count). The smallest absolute Gasteiger partial charge is 0.322 e. The number of hydrogen-bond donors (Lipinski definition) is 6. The number of likely N-dealkylation sites (tertiary alicyclic amines) is 1. The minimum Gasteiger partial charge on any atom is -0.480 e. The zero-order chi connectivity index (χ0) is 34.4. The van der Waals surface area contributed by atoms with E-state index < -0.39 is 66.1 Å². The van der Waals surface area contributed by atoms with E-state index in [4.69, 9.17) is 5.11 Å². The summed E-state index contributed by atoms with van der Waals surface area (Å²) in [5, 5.41) is 32.5. The Labute approximate surface area is 267 Å². The number of aryl methyl sites for hydroxylation is 1. The maximum absolute atomic E-state index is 13.8. The van der Waals surface area contributed by atoms with Crippen LogP contribution in [0, 0.1) is 11.8 Å². The van der Waals surface area contributed by atoms with Crippen LogP contribution in [0.3, 0.4) is 0 Å². The molecule has 1 aliphatic rings. The van der Waals surface area contributed by atoms with Gasteiger partial charge in [-0.15, -0.1) is 10.2 Å². The highest BCUT2D eigenvalue weighted by Gasteiger charge is 2.41. The molecule has 5 amide bonds. The van der Waals surface area contributed by atoms with Crippen LogP contribution in [0.4, 0.5) is 0 Å². The average Bonchev–Trinajstić information content (AvgIpc) is 3.71. The number of amides is 5. The van der Waals surface area contributed by atoms with E-state index in [0.717, 1.165) is 0 Å². The summed E-state index contributed by atoms with van der Waals surface area (Å²) in [6.07, 6.45) is 3.36. The lowest BCUT2D eigenvalue weighted by atomic mass is 9.98. The number of ketones is 1. The second-order valence-corrected chi connectivity index (χ2v) is 12.0. The third-order valence-electron chi connectivity index (χ3n) is 7.61. The molecule has 1 saturated heterocycles. The van der Waals surface area contributed by atoms with Gasteiger partial charge >= 0.3 is 5.97 Å². The molecule has 1 fully saturated rings. The van der Waals surface area contributed by atoms with Crippen molar-refractivity contribution < 1.29 is 38.7 Å². The van der Waals surface area contributed by atoms with E-state index in [1.165, 1.54) is 4.90 Å². The second kappa shape index (κ2) is 18.5. The van der Waals surface area contributed by atoms with Crippen LogP contribution in [0.25, 0.3) is 0 Å². The SMILES string of the molecule is CCCC(NC(=O)[C@@H]1CCCN1C(=O)[C@@H](NC(=O)[C@H](NC(=O)CCCCc1nn[nH]n1)C(C)C)C(C)C)C(=O)C(=O)NCC(=O)O. The molecule has 0 radical (unpaired) electrons. The number of Topliss-reactive ketones (excluding diaryl/α,β-unsaturated/α-hetero) is 1. The van der Waals surface area contributed by atoms with E-state index in [-0.39, 0.29) is 37.1 Å². The molecule has 1 aromatic rings. The molecule has 0 aliphatic carbocycles. The molecule has 256 valence electrons. The van der Waals surface area contributed by atoms with Gasteiger partial charge < -0.3 is 31.3 Å². The maximum Gasteiger partial charge on any atom is 0.322 e. The Morgan fingerprint density at radius 3 is 2.26 bits per heavy atom. The number of aromatic nitrogens is 4. The van der Waals surface area contributed by atoms with Gasteiger partial charge in [0.25, 0.3) is 5.91 Å². The van der Waals surface area contributed by atoms with Gasteiger partial charge in [-0.05, 0) is 43.9 Å². The number of rotatable bonds is 19. The van der Waals surface area contributed by atoms with Gasteiger partial charge in [-0.2, -0.15) is 5.21 Å². The minimum atomic E-state index is -1.32. The van der Waals surface area contributed by atoms with Gasteiger partial charge in [0.15, 0.2) is 5.82 Å². The molecular formula is C29H47N9O8. The number of aliphatic carboxylic acids is 1. The van der Waals surface area contributed by atoms with Crippen molar-refractivity contribution in [1.82, 2.24) is 46.8 Å². The third-order valence-corrected chi connectivity index (χ3v) is 7.61. The predicted octanol–water partition coefficient (Wildman–Crippen LogP) is -0.760. The lowest BCUT2D eigenvalue weighted by molar-refractivity contribution is -0.145. The van der Waals surface area contributed by atoms with Gasteiger partial charge in [0.05, 0.1) is 6.04 Å². The van der Waals surface area contributed by atoms with Crippen LogP contribution in [0.1, 0.15) is 85.4 Å². The molecule has 17 heteroatoms. The summed E-state index contributed by atoms with van der Waals surface area (Å²) in [4.78, 5) is 90.1. The van der Waals surface area contributed by atoms with Crippen molar-refractivity contribution in [2.45, 2.75) is 110 Å². The third kappa shape index (κ3) is 11.5. The number of nitrogens with zero attached hydrogens (tertiary/aromatic N) is 4. The Morgan fingerprint density at radius 2 is 1.67 bits per heavy atom. The van der Waals surface area contributed by atoms with Crippen molar-refractivity contribution >= 4 is 41.3 Å². The Hall–Kier alpha value is -4.44. The zero-order valence-corrected chi connectivity index (χ0v) is 27.1. The van der Waals surface area contributed by atoms with Crippen LogP contribution < -0.4 is 21.3 Å². The Balaban J connectivity index is 2.04. The molecule has 2 heterocycles. The number of carbonyl (C=O) groups excluding carboxylic acids is 6. The molecule has 1 unspecified atom stereocenters. The number of carboxylic acid groups (broad SMARTS) is 1. The van der Waals surface area contributed by atoms with Crippen LogP contribution in [-0.4, -0.2) is 109 Å². The zero-order valence-electron chi connectivity index (χ0n) is 27.1. The number of aromatic amines is 1. The van der Waals surface area contributed by atoms with Crippen LogP contribution in [0.15, 0.2) is 0 Å². The largest absolute Gasteiger partial charge is 0.480 e. The van der Waals surface area contributed by atoms with Crippen molar-refractivity contribution in [3.8, 4) is 0 Å². The maximum atomic E-state index is 13.8. The highest BCUT2D eigenvalue weighted by atomic mass is 16.4. The highest BCUT2D eigenvalue weighted by Crippen LogP contribution is 2.21. The first-order valence-electron chi connectivity index (χ1n) is 15.7. The quantitative estimate of drug-likeness (QED) is 0.0803. The Morgan fingerprint density at radius 1 is 0.978 bits per heavy atom. The molecular weight excluding hydrogens is 602 g/mol. The molecule has 0 spiro atoms. The van der Waals surface area contributed by atoms with E-state index in [9.17, 15) is 33.6 Å². The van der Waals surface area contributed by atoms with Gasteiger partial charge in [-0.1, -0.05) is 46.3 Å². The number of carbonyl (C=O) groups is 7. The average molecular weight is 650 g/mol. The van der Waals surface area contributed by atoms with Crippen molar-refractivity contribution in [2.75, 3.05) is 13.1 Å². The molecule has 0 aromatic carbocycles. The number of tetrazole rings is 1. The van der Waals surface area contributed by atoms with Gasteiger partial charge in [0, 0.05) is 19.4 Å². The second-order valence-electron chi connectivity index (χ2n) is 12.0. The molecule has 6 N–H and O–H groups in total. The van der Waals surface area contributed by atoms with E-state index in [1.807, 2.05) is 5.32 Å². The summed E-state index contributed by atoms with van der Waals surface area (Å²) in [6.45, 7) is 8.34. The van der Waals surface area contributed by atoms with Crippen LogP contribution in [0.5, 0.6) is 0 Å². The number of carboxylic acids is 1. The first kappa shape index (κ1) is 37.7. The number of unbranched alkanes of at least 4 members (excludes halogenated alkanes) is 1. The van der Waals surface area contributed by atoms with E-state index in [1.54, 1.807) is 34.6 Å². The fourth-order valence-corrected chi connectivity index (χ4v) is 5.10. The van der Waals surface area contributed by atoms with Crippen LogP contribution in [-0.2, 0) is 40.0 Å². The fraction of sp³-hybridized carbons (Fsp3) is 0.724. The lowest BCUT2D eigenvalue weighted by Crippen LogP contribution is -2.59. The van der Waals surface area contributed by atoms with E-state index in [2.05, 4.69) is 36.6 Å². The molecule has 4 atom stereocenters. The summed E-state index contributed by atoms with van der Waals surface area (Å²) in [5.74, 6) is -5.44. The highest BCUT2D eigenvalue weighted by molar-refractivity contribution is 6.38. The predicted molar refractivity (Wildman–Crippen MR) is 162 cm³/mol. The van der Waals surface area contributed by atoms with E-state index >= 15 is 0 Å². The first-order valence-corrected chi connectivity index (χ1v) is 15.7. The van der Waals surface area contributed by atoms with Gasteiger partial charge in [0.2, 0.25) is 29.4 Å². The summed E-state index contributed by atoms with van der Waals surface area (Å²) in [7, 11) is 0. The molecule has 46 heavy (non-hydrogen) atoms. The van der Waals surface area contributed by atoms with Gasteiger partial charge in [-0.3, -0.25) is 33.6 Å². The van der Waals surface area contributed by atoms with Crippen LogP contribution in [0.2, 0.25) is 0 Å². The van der Waals surface area contributed by atoms with Crippen molar-refractivity contribution in [1.29, 1.82) is 0 Å². The monoisotopic (exact) mass is 649 g/mol. The Kier molecular flexibility index (Phi) is 15.2. The normalized spacial score (nSPS) is 16.4. The van der Waals surface area contributed by atoms with Crippen molar-refractivity contribution in [2.24, 2.45) is 11.8 Å². The molecule has 0 bridgehead atoms.